The van der Waals surface area contributed by atoms with Gasteiger partial charge in [0.15, 0.2) is 0 Å². The normalized spacial score (nSPS) is 13.7. The van der Waals surface area contributed by atoms with E-state index in [2.05, 4.69) is 17.9 Å². The fourth-order valence-electron chi connectivity index (χ4n) is 1.45. The summed E-state index contributed by atoms with van der Waals surface area (Å²) in [6.45, 7) is 1.71. The van der Waals surface area contributed by atoms with Crippen molar-refractivity contribution in [1.29, 1.82) is 0 Å². The zero-order chi connectivity index (χ0) is 13.5. The average Bonchev–Trinajstić information content (AvgIpc) is 2.37. The lowest BCUT2D eigenvalue weighted by Gasteiger charge is -2.17. The molecule has 0 aliphatic rings. The summed E-state index contributed by atoms with van der Waals surface area (Å²) in [4.78, 5) is 22.8. The van der Waals surface area contributed by atoms with Gasteiger partial charge in [0.1, 0.15) is 6.04 Å². The number of carboxylic acid groups (broad SMARTS) is 1. The van der Waals surface area contributed by atoms with Gasteiger partial charge in [-0.3, -0.25) is 4.79 Å². The first-order valence-corrected chi connectivity index (χ1v) is 6.35. The van der Waals surface area contributed by atoms with Gasteiger partial charge in [0, 0.05) is 18.1 Å². The molecule has 2 atom stereocenters. The number of carbonyl (C=O) groups is 2. The first-order chi connectivity index (χ1) is 8.54. The predicted octanol–water partition coefficient (Wildman–Crippen LogP) is 1.36. The van der Waals surface area contributed by atoms with Gasteiger partial charge in [0.2, 0.25) is 5.91 Å². The highest BCUT2D eigenvalue weighted by Gasteiger charge is 2.22. The summed E-state index contributed by atoms with van der Waals surface area (Å²) in [5, 5.41) is 11.6. The number of hydrogen-bond acceptors (Lipinski definition) is 3. The molecule has 18 heavy (non-hydrogen) atoms. The molecule has 0 bridgehead atoms. The van der Waals surface area contributed by atoms with Crippen LogP contribution in [0.25, 0.3) is 0 Å². The van der Waals surface area contributed by atoms with Crippen LogP contribution in [0.2, 0.25) is 0 Å². The van der Waals surface area contributed by atoms with Gasteiger partial charge in [-0.15, -0.1) is 0 Å². The van der Waals surface area contributed by atoms with E-state index in [1.165, 1.54) is 0 Å². The summed E-state index contributed by atoms with van der Waals surface area (Å²) < 4.78 is 0. The van der Waals surface area contributed by atoms with Crippen molar-refractivity contribution >= 4 is 24.5 Å². The molecule has 0 fully saturated rings. The Morgan fingerprint density at radius 3 is 2.44 bits per heavy atom. The second kappa shape index (κ2) is 7.06. The minimum absolute atomic E-state index is 0.279. The van der Waals surface area contributed by atoms with E-state index in [9.17, 15) is 9.59 Å². The summed E-state index contributed by atoms with van der Waals surface area (Å²) in [5.41, 5.74) is 0.878. The topological polar surface area (TPSA) is 66.4 Å². The van der Waals surface area contributed by atoms with Crippen LogP contribution in [0.3, 0.4) is 0 Å². The quantitative estimate of drug-likeness (QED) is 0.682. The van der Waals surface area contributed by atoms with Crippen molar-refractivity contribution in [3.8, 4) is 0 Å². The molecule has 98 valence electrons. The molecule has 1 unspecified atom stereocenters. The summed E-state index contributed by atoms with van der Waals surface area (Å²) in [6, 6.07) is 8.32. The molecule has 1 aromatic rings. The highest BCUT2D eigenvalue weighted by molar-refractivity contribution is 7.80. The molecule has 4 nitrogen and oxygen atoms in total. The maximum absolute atomic E-state index is 11.7. The molecule has 0 heterocycles. The average molecular weight is 267 g/mol. The van der Waals surface area contributed by atoms with E-state index in [0.29, 0.717) is 5.75 Å². The summed E-state index contributed by atoms with van der Waals surface area (Å²) in [6.07, 6.45) is 0.279. The number of carbonyl (C=O) groups excluding carboxylic acids is 1. The van der Waals surface area contributed by atoms with Gasteiger partial charge in [-0.2, -0.15) is 12.6 Å². The van der Waals surface area contributed by atoms with Crippen molar-refractivity contribution in [2.75, 3.05) is 5.75 Å². The molecule has 0 saturated heterocycles. The molecule has 0 aromatic heterocycles. The number of thiol groups is 1. The number of hydrogen-bond donors (Lipinski definition) is 3. The van der Waals surface area contributed by atoms with Gasteiger partial charge in [0.25, 0.3) is 0 Å². The third-order valence-corrected chi connectivity index (χ3v) is 3.17. The zero-order valence-corrected chi connectivity index (χ0v) is 11.1. The second-order valence-corrected chi connectivity index (χ2v) is 4.54. The molecule has 1 amide bonds. The highest BCUT2D eigenvalue weighted by atomic mass is 32.1. The minimum Gasteiger partial charge on any atom is -0.480 e. The third kappa shape index (κ3) is 4.41. The molecule has 0 spiro atoms. The van der Waals surface area contributed by atoms with E-state index in [-0.39, 0.29) is 18.2 Å². The Labute approximate surface area is 112 Å². The van der Waals surface area contributed by atoms with E-state index < -0.39 is 12.0 Å². The zero-order valence-electron chi connectivity index (χ0n) is 10.2. The molecular weight excluding hydrogens is 250 g/mol. The van der Waals surface area contributed by atoms with E-state index in [4.69, 9.17) is 5.11 Å². The lowest BCUT2D eigenvalue weighted by molar-refractivity contribution is -0.142. The van der Waals surface area contributed by atoms with Crippen LogP contribution >= 0.6 is 12.6 Å². The Kier molecular flexibility index (Phi) is 5.71. The molecule has 1 aromatic carbocycles. The monoisotopic (exact) mass is 267 g/mol. The van der Waals surface area contributed by atoms with Crippen molar-refractivity contribution < 1.29 is 14.7 Å². The summed E-state index contributed by atoms with van der Waals surface area (Å²) in [5.74, 6) is -1.22. The summed E-state index contributed by atoms with van der Waals surface area (Å²) >= 11 is 4.02. The third-order valence-electron chi connectivity index (χ3n) is 2.62. The molecule has 0 aliphatic carbocycles. The standard InChI is InChI=1S/C13H17NO3S/c1-9(8-18)12(15)14-11(13(16)17)7-10-5-3-2-4-6-10/h2-6,9,11,18H,7-8H2,1H3,(H,14,15)(H,16,17)/t9?,11-/m0/s1. The van der Waals surface area contributed by atoms with Crippen LogP contribution in [0.15, 0.2) is 30.3 Å². The van der Waals surface area contributed by atoms with Crippen LogP contribution in [-0.2, 0) is 16.0 Å². The van der Waals surface area contributed by atoms with E-state index in [0.717, 1.165) is 5.56 Å². The number of benzene rings is 1. The Morgan fingerprint density at radius 1 is 1.33 bits per heavy atom. The Bertz CT molecular complexity index is 408. The fraction of sp³-hybridized carbons (Fsp3) is 0.385. The molecule has 0 aliphatic heterocycles. The van der Waals surface area contributed by atoms with E-state index >= 15 is 0 Å². The van der Waals surface area contributed by atoms with Gasteiger partial charge >= 0.3 is 5.97 Å². The predicted molar refractivity (Wildman–Crippen MR) is 72.7 cm³/mol. The Morgan fingerprint density at radius 2 is 1.94 bits per heavy atom. The number of nitrogens with one attached hydrogen (secondary N) is 1. The lowest BCUT2D eigenvalue weighted by Crippen LogP contribution is -2.44. The van der Waals surface area contributed by atoms with E-state index in [1.54, 1.807) is 6.92 Å². The van der Waals surface area contributed by atoms with Crippen molar-refractivity contribution in [1.82, 2.24) is 5.32 Å². The Hall–Kier alpha value is -1.49. The molecule has 0 radical (unpaired) electrons. The number of amides is 1. The first kappa shape index (κ1) is 14.6. The molecule has 5 heteroatoms. The second-order valence-electron chi connectivity index (χ2n) is 4.17. The van der Waals surface area contributed by atoms with Crippen LogP contribution in [-0.4, -0.2) is 28.8 Å². The van der Waals surface area contributed by atoms with Crippen molar-refractivity contribution in [3.63, 3.8) is 0 Å². The number of rotatable bonds is 6. The summed E-state index contributed by atoms with van der Waals surface area (Å²) in [7, 11) is 0. The van der Waals surface area contributed by atoms with Gasteiger partial charge in [-0.1, -0.05) is 37.3 Å². The fourth-order valence-corrected chi connectivity index (χ4v) is 1.61. The maximum Gasteiger partial charge on any atom is 0.326 e. The first-order valence-electron chi connectivity index (χ1n) is 5.72. The molecule has 2 N–H and O–H groups in total. The smallest absolute Gasteiger partial charge is 0.326 e. The van der Waals surface area contributed by atoms with Crippen molar-refractivity contribution in [3.05, 3.63) is 35.9 Å². The SMILES string of the molecule is CC(CS)C(=O)N[C@@H](Cc1ccccc1)C(=O)O. The van der Waals surface area contributed by atoms with Crippen LogP contribution in [0.4, 0.5) is 0 Å². The van der Waals surface area contributed by atoms with Crippen molar-refractivity contribution in [2.24, 2.45) is 5.92 Å². The molecule has 1 rings (SSSR count). The van der Waals surface area contributed by atoms with Gasteiger partial charge in [-0.25, -0.2) is 4.79 Å². The molecular formula is C13H17NO3S. The van der Waals surface area contributed by atoms with E-state index in [1.807, 2.05) is 30.3 Å². The lowest BCUT2D eigenvalue weighted by atomic mass is 10.1. The van der Waals surface area contributed by atoms with Crippen LogP contribution in [0, 0.1) is 5.92 Å². The van der Waals surface area contributed by atoms with Crippen LogP contribution in [0.1, 0.15) is 12.5 Å². The maximum atomic E-state index is 11.7. The molecule has 0 saturated carbocycles. The van der Waals surface area contributed by atoms with Crippen molar-refractivity contribution in [2.45, 2.75) is 19.4 Å². The number of aliphatic carboxylic acids is 1. The van der Waals surface area contributed by atoms with Gasteiger partial charge in [0.05, 0.1) is 0 Å². The van der Waals surface area contributed by atoms with Crippen LogP contribution < -0.4 is 5.32 Å². The Balaban J connectivity index is 2.67. The van der Waals surface area contributed by atoms with Crippen LogP contribution in [0.5, 0.6) is 0 Å². The van der Waals surface area contributed by atoms with Gasteiger partial charge in [-0.05, 0) is 5.56 Å². The number of carboxylic acids is 1. The highest BCUT2D eigenvalue weighted by Crippen LogP contribution is 2.05. The van der Waals surface area contributed by atoms with Gasteiger partial charge < -0.3 is 10.4 Å². The largest absolute Gasteiger partial charge is 0.480 e. The minimum atomic E-state index is -1.03.